The third kappa shape index (κ3) is 4.55. The number of fused-ring (bicyclic) bond motifs is 1. The van der Waals surface area contributed by atoms with Crippen LogP contribution in [0.2, 0.25) is 0 Å². The van der Waals surface area contributed by atoms with Gasteiger partial charge in [-0.25, -0.2) is 0 Å². The molecule has 2 aromatic carbocycles. The molecule has 1 aliphatic heterocycles. The summed E-state index contributed by atoms with van der Waals surface area (Å²) in [5, 5.41) is 9.93. The summed E-state index contributed by atoms with van der Waals surface area (Å²) < 4.78 is 6.22. The summed E-state index contributed by atoms with van der Waals surface area (Å²) in [6.07, 6.45) is 4.72. The summed E-state index contributed by atoms with van der Waals surface area (Å²) in [4.78, 5) is 18.9. The predicted octanol–water partition coefficient (Wildman–Crippen LogP) is 4.11. The SMILES string of the molecule is N#Cc1ccc(CCC(=O)N2CCC(Oc3cccc4cccnc34)CC2)cc1. The second-order valence-electron chi connectivity index (χ2n) is 7.34. The average Bonchev–Trinajstić information content (AvgIpc) is 2.78. The molecule has 146 valence electrons. The quantitative estimate of drug-likeness (QED) is 0.663. The first-order valence-corrected chi connectivity index (χ1v) is 10.00. The van der Waals surface area contributed by atoms with E-state index in [1.54, 1.807) is 18.3 Å². The minimum Gasteiger partial charge on any atom is -0.488 e. The maximum absolute atomic E-state index is 12.6. The minimum atomic E-state index is 0.102. The molecule has 1 aromatic heterocycles. The fraction of sp³-hybridized carbons (Fsp3) is 0.292. The number of benzene rings is 2. The van der Waals surface area contributed by atoms with Gasteiger partial charge >= 0.3 is 0 Å². The Hall–Kier alpha value is -3.39. The van der Waals surface area contributed by atoms with Crippen molar-refractivity contribution in [2.75, 3.05) is 13.1 Å². The van der Waals surface area contributed by atoms with E-state index in [9.17, 15) is 4.79 Å². The van der Waals surface area contributed by atoms with Gasteiger partial charge in [0.1, 0.15) is 17.4 Å². The van der Waals surface area contributed by atoms with Crippen molar-refractivity contribution in [1.29, 1.82) is 5.26 Å². The van der Waals surface area contributed by atoms with Crippen LogP contribution in [0.5, 0.6) is 5.75 Å². The number of nitriles is 1. The normalized spacial score (nSPS) is 14.5. The maximum Gasteiger partial charge on any atom is 0.222 e. The molecular weight excluding hydrogens is 362 g/mol. The molecule has 0 spiro atoms. The number of hydrogen-bond donors (Lipinski definition) is 0. The molecule has 0 unspecified atom stereocenters. The molecule has 5 nitrogen and oxygen atoms in total. The lowest BCUT2D eigenvalue weighted by molar-refractivity contribution is -0.132. The number of nitrogens with zero attached hydrogens (tertiary/aromatic N) is 3. The zero-order chi connectivity index (χ0) is 20.1. The van der Waals surface area contributed by atoms with Crippen LogP contribution >= 0.6 is 0 Å². The maximum atomic E-state index is 12.6. The molecule has 0 bridgehead atoms. The van der Waals surface area contributed by atoms with Gasteiger partial charge in [-0.3, -0.25) is 9.78 Å². The molecule has 2 heterocycles. The molecule has 4 rings (SSSR count). The van der Waals surface area contributed by atoms with Gasteiger partial charge in [-0.05, 0) is 36.2 Å². The van der Waals surface area contributed by atoms with E-state index in [0.717, 1.165) is 48.1 Å². The summed E-state index contributed by atoms with van der Waals surface area (Å²) >= 11 is 0. The van der Waals surface area contributed by atoms with Crippen molar-refractivity contribution in [3.63, 3.8) is 0 Å². The predicted molar refractivity (Wildman–Crippen MR) is 111 cm³/mol. The second-order valence-corrected chi connectivity index (χ2v) is 7.34. The van der Waals surface area contributed by atoms with E-state index < -0.39 is 0 Å². The lowest BCUT2D eigenvalue weighted by Crippen LogP contribution is -2.41. The number of hydrogen-bond acceptors (Lipinski definition) is 4. The van der Waals surface area contributed by atoms with Gasteiger partial charge in [-0.1, -0.05) is 30.3 Å². The topological polar surface area (TPSA) is 66.2 Å². The number of rotatable bonds is 5. The third-order valence-corrected chi connectivity index (χ3v) is 5.39. The average molecular weight is 385 g/mol. The van der Waals surface area contributed by atoms with Crippen molar-refractivity contribution in [1.82, 2.24) is 9.88 Å². The van der Waals surface area contributed by atoms with Gasteiger partial charge < -0.3 is 9.64 Å². The number of likely N-dealkylation sites (tertiary alicyclic amines) is 1. The number of amides is 1. The molecule has 1 amide bonds. The zero-order valence-electron chi connectivity index (χ0n) is 16.3. The van der Waals surface area contributed by atoms with E-state index in [1.165, 1.54) is 0 Å². The molecule has 0 saturated carbocycles. The van der Waals surface area contributed by atoms with Crippen LogP contribution in [-0.4, -0.2) is 35.0 Å². The van der Waals surface area contributed by atoms with Crippen LogP contribution in [0.15, 0.2) is 60.8 Å². The number of pyridine rings is 1. The lowest BCUT2D eigenvalue weighted by atomic mass is 10.0. The fourth-order valence-electron chi connectivity index (χ4n) is 3.73. The third-order valence-electron chi connectivity index (χ3n) is 5.39. The van der Waals surface area contributed by atoms with Crippen LogP contribution in [0.1, 0.15) is 30.4 Å². The number of piperidine rings is 1. The Morgan fingerprint density at radius 2 is 1.86 bits per heavy atom. The van der Waals surface area contributed by atoms with E-state index in [2.05, 4.69) is 11.1 Å². The summed E-state index contributed by atoms with van der Waals surface area (Å²) in [7, 11) is 0. The van der Waals surface area contributed by atoms with Gasteiger partial charge in [0.25, 0.3) is 0 Å². The summed E-state index contributed by atoms with van der Waals surface area (Å²) in [6, 6.07) is 19.5. The first-order valence-electron chi connectivity index (χ1n) is 10.00. The first kappa shape index (κ1) is 18.9. The van der Waals surface area contributed by atoms with Crippen molar-refractivity contribution < 1.29 is 9.53 Å². The number of aromatic nitrogens is 1. The lowest BCUT2D eigenvalue weighted by Gasteiger charge is -2.32. The molecule has 1 saturated heterocycles. The van der Waals surface area contributed by atoms with Crippen molar-refractivity contribution in [2.45, 2.75) is 31.8 Å². The van der Waals surface area contributed by atoms with Gasteiger partial charge in [0, 0.05) is 43.9 Å². The molecule has 0 N–H and O–H groups in total. The zero-order valence-corrected chi connectivity index (χ0v) is 16.3. The molecule has 5 heteroatoms. The largest absolute Gasteiger partial charge is 0.488 e. The Morgan fingerprint density at radius 1 is 1.10 bits per heavy atom. The molecule has 0 radical (unpaired) electrons. The van der Waals surface area contributed by atoms with E-state index in [1.807, 2.05) is 47.4 Å². The van der Waals surface area contributed by atoms with Gasteiger partial charge in [-0.15, -0.1) is 0 Å². The van der Waals surface area contributed by atoms with E-state index >= 15 is 0 Å². The van der Waals surface area contributed by atoms with E-state index in [0.29, 0.717) is 18.4 Å². The highest BCUT2D eigenvalue weighted by molar-refractivity contribution is 5.84. The molecule has 0 atom stereocenters. The van der Waals surface area contributed by atoms with Crippen LogP contribution in [0.25, 0.3) is 10.9 Å². The molecule has 1 fully saturated rings. The van der Waals surface area contributed by atoms with E-state index in [4.69, 9.17) is 10.00 Å². The highest BCUT2D eigenvalue weighted by Gasteiger charge is 2.24. The summed E-state index contributed by atoms with van der Waals surface area (Å²) in [5.41, 5.74) is 2.61. The number of ether oxygens (including phenoxy) is 1. The molecule has 1 aliphatic rings. The van der Waals surface area contributed by atoms with Gasteiger partial charge in [0.05, 0.1) is 11.6 Å². The molecule has 29 heavy (non-hydrogen) atoms. The Kier molecular flexibility index (Phi) is 5.71. The molecule has 3 aromatic rings. The van der Waals surface area contributed by atoms with Crippen LogP contribution in [0, 0.1) is 11.3 Å². The highest BCUT2D eigenvalue weighted by atomic mass is 16.5. The Bertz CT molecular complexity index is 1030. The number of aryl methyl sites for hydroxylation is 1. The number of carbonyl (C=O) groups excluding carboxylic acids is 1. The Labute approximate surface area is 170 Å². The van der Waals surface area contributed by atoms with Crippen molar-refractivity contribution in [3.8, 4) is 11.8 Å². The summed E-state index contributed by atoms with van der Waals surface area (Å²) in [6.45, 7) is 1.43. The number of para-hydroxylation sites is 1. The monoisotopic (exact) mass is 385 g/mol. The van der Waals surface area contributed by atoms with Gasteiger partial charge in [-0.2, -0.15) is 5.26 Å². The molecular formula is C24H23N3O2. The van der Waals surface area contributed by atoms with Crippen LogP contribution < -0.4 is 4.74 Å². The fourth-order valence-corrected chi connectivity index (χ4v) is 3.73. The van der Waals surface area contributed by atoms with Crippen LogP contribution in [0.3, 0.4) is 0 Å². The van der Waals surface area contributed by atoms with Crippen molar-refractivity contribution in [2.24, 2.45) is 0 Å². The van der Waals surface area contributed by atoms with Crippen LogP contribution in [-0.2, 0) is 11.2 Å². The number of carbonyl (C=O) groups is 1. The standard InChI is InChI=1S/C24H23N3O2/c25-17-19-8-6-18(7-9-19)10-11-23(28)27-15-12-21(13-16-27)29-22-5-1-3-20-4-2-14-26-24(20)22/h1-9,14,21H,10-13,15-16H2. The Balaban J connectivity index is 1.28. The summed E-state index contributed by atoms with van der Waals surface area (Å²) in [5.74, 6) is 0.994. The van der Waals surface area contributed by atoms with Gasteiger partial charge in [0.2, 0.25) is 5.91 Å². The highest BCUT2D eigenvalue weighted by Crippen LogP contribution is 2.26. The molecule has 0 aliphatic carbocycles. The van der Waals surface area contributed by atoms with E-state index in [-0.39, 0.29) is 12.0 Å². The second kappa shape index (κ2) is 8.74. The Morgan fingerprint density at radius 3 is 2.62 bits per heavy atom. The van der Waals surface area contributed by atoms with Crippen molar-refractivity contribution in [3.05, 3.63) is 71.9 Å². The smallest absolute Gasteiger partial charge is 0.222 e. The van der Waals surface area contributed by atoms with Crippen molar-refractivity contribution >= 4 is 16.8 Å². The van der Waals surface area contributed by atoms with Gasteiger partial charge in [0.15, 0.2) is 0 Å². The first-order chi connectivity index (χ1) is 14.2. The minimum absolute atomic E-state index is 0.102. The van der Waals surface area contributed by atoms with Crippen LogP contribution in [0.4, 0.5) is 0 Å².